The van der Waals surface area contributed by atoms with Gasteiger partial charge in [0.1, 0.15) is 0 Å². The monoisotopic (exact) mass is 846 g/mol. The maximum absolute atomic E-state index is 12.4. The highest BCUT2D eigenvalue weighted by Crippen LogP contribution is 2.16. The minimum absolute atomic E-state index is 0.00918. The average molecular weight is 846 g/mol. The topological polar surface area (TPSA) is 95.9 Å². The minimum atomic E-state index is -0.849. The Morgan fingerprint density at radius 2 is 0.783 bits per heavy atom. The van der Waals surface area contributed by atoms with Crippen LogP contribution in [0.5, 0.6) is 0 Å². The van der Waals surface area contributed by atoms with Gasteiger partial charge in [0, 0.05) is 12.8 Å². The largest absolute Gasteiger partial charge is 0.466 e. The molecule has 6 heteroatoms. The summed E-state index contributed by atoms with van der Waals surface area (Å²) in [4.78, 5) is 24.4. The molecule has 0 rings (SSSR count). The molecule has 0 spiro atoms. The molecule has 2 atom stereocenters. The summed E-state index contributed by atoms with van der Waals surface area (Å²) in [5.41, 5.74) is 0. The Morgan fingerprint density at radius 1 is 0.450 bits per heavy atom. The summed E-state index contributed by atoms with van der Waals surface area (Å²) in [6.07, 6.45) is 58.9. The number of aliphatic hydroxyl groups excluding tert-OH is 2. The molecule has 3 N–H and O–H groups in total. The summed E-state index contributed by atoms with van der Waals surface area (Å²) < 4.78 is 5.46. The predicted octanol–water partition coefficient (Wildman–Crippen LogP) is 15.9. The van der Waals surface area contributed by atoms with Crippen LogP contribution in [-0.2, 0) is 14.3 Å². The molecular formula is C54H103NO5. The van der Waals surface area contributed by atoms with Crippen molar-refractivity contribution in [3.63, 3.8) is 0 Å². The second-order valence-electron chi connectivity index (χ2n) is 18.2. The van der Waals surface area contributed by atoms with Gasteiger partial charge in [0.2, 0.25) is 5.91 Å². The third-order valence-corrected chi connectivity index (χ3v) is 12.2. The number of unbranched alkanes of at least 4 members (excludes halogenated alkanes) is 36. The van der Waals surface area contributed by atoms with Crippen molar-refractivity contribution in [3.8, 4) is 0 Å². The van der Waals surface area contributed by atoms with Crippen LogP contribution in [0.25, 0.3) is 0 Å². The van der Waals surface area contributed by atoms with E-state index in [1.54, 1.807) is 6.08 Å². The number of carbonyl (C=O) groups is 2. The maximum atomic E-state index is 12.4. The van der Waals surface area contributed by atoms with Crippen LogP contribution in [0.15, 0.2) is 24.3 Å². The summed E-state index contributed by atoms with van der Waals surface area (Å²) in [6.45, 7) is 4.87. The zero-order valence-corrected chi connectivity index (χ0v) is 40.2. The molecular weight excluding hydrogens is 743 g/mol. The van der Waals surface area contributed by atoms with Crippen molar-refractivity contribution in [3.05, 3.63) is 24.3 Å². The highest BCUT2D eigenvalue weighted by Gasteiger charge is 2.18. The van der Waals surface area contributed by atoms with E-state index in [0.717, 1.165) is 57.8 Å². The van der Waals surface area contributed by atoms with E-state index in [4.69, 9.17) is 4.74 Å². The second-order valence-corrected chi connectivity index (χ2v) is 18.2. The molecule has 2 unspecified atom stereocenters. The van der Waals surface area contributed by atoms with Gasteiger partial charge in [-0.25, -0.2) is 0 Å². The standard InChI is InChI=1S/C54H103NO5/c1-3-5-7-9-11-13-15-17-22-26-30-34-38-42-46-52(57)51(50-56)55-53(58)47-43-39-35-31-27-23-20-19-21-25-29-33-37-41-45-49-60-54(59)48-44-40-36-32-28-24-18-16-14-12-10-8-6-4-2/h16,18,42,46,51-52,56-57H,3-15,17,19-41,43-45,47-50H2,1-2H3,(H,55,58)/b18-16-,46-42+. The van der Waals surface area contributed by atoms with Gasteiger partial charge in [-0.1, -0.05) is 237 Å². The van der Waals surface area contributed by atoms with Crippen LogP contribution in [0.4, 0.5) is 0 Å². The molecule has 0 aliphatic heterocycles. The number of rotatable bonds is 49. The van der Waals surface area contributed by atoms with E-state index in [-0.39, 0.29) is 18.5 Å². The molecule has 0 bridgehead atoms. The Balaban J connectivity index is 3.46. The highest BCUT2D eigenvalue weighted by atomic mass is 16.5. The number of ether oxygens (including phenoxy) is 1. The molecule has 0 aromatic carbocycles. The molecule has 0 fully saturated rings. The maximum Gasteiger partial charge on any atom is 0.305 e. The molecule has 354 valence electrons. The molecule has 0 saturated carbocycles. The molecule has 1 amide bonds. The molecule has 6 nitrogen and oxygen atoms in total. The first-order valence-corrected chi connectivity index (χ1v) is 26.6. The molecule has 0 aliphatic rings. The predicted molar refractivity (Wildman–Crippen MR) is 260 cm³/mol. The van der Waals surface area contributed by atoms with Crippen LogP contribution in [-0.4, -0.2) is 47.4 Å². The molecule has 0 aliphatic carbocycles. The van der Waals surface area contributed by atoms with E-state index < -0.39 is 12.1 Å². The third-order valence-electron chi connectivity index (χ3n) is 12.2. The average Bonchev–Trinajstić information content (AvgIpc) is 3.25. The molecule has 0 radical (unpaired) electrons. The van der Waals surface area contributed by atoms with Gasteiger partial charge in [0.25, 0.3) is 0 Å². The van der Waals surface area contributed by atoms with Crippen molar-refractivity contribution in [2.45, 2.75) is 296 Å². The van der Waals surface area contributed by atoms with Crippen LogP contribution in [0.2, 0.25) is 0 Å². The van der Waals surface area contributed by atoms with Crippen molar-refractivity contribution >= 4 is 11.9 Å². The van der Waals surface area contributed by atoms with Crippen molar-refractivity contribution < 1.29 is 24.5 Å². The van der Waals surface area contributed by atoms with Gasteiger partial charge in [-0.15, -0.1) is 0 Å². The minimum Gasteiger partial charge on any atom is -0.466 e. The van der Waals surface area contributed by atoms with Crippen LogP contribution in [0.3, 0.4) is 0 Å². The normalized spacial score (nSPS) is 12.8. The van der Waals surface area contributed by atoms with Gasteiger partial charge in [-0.3, -0.25) is 9.59 Å². The number of hydrogen-bond donors (Lipinski definition) is 3. The Hall–Kier alpha value is -1.66. The second kappa shape index (κ2) is 50.0. The van der Waals surface area contributed by atoms with E-state index in [1.807, 2.05) is 6.08 Å². The van der Waals surface area contributed by atoms with Crippen molar-refractivity contribution in [1.82, 2.24) is 5.32 Å². The van der Waals surface area contributed by atoms with Gasteiger partial charge in [0.15, 0.2) is 0 Å². The van der Waals surface area contributed by atoms with E-state index in [1.165, 1.54) is 199 Å². The van der Waals surface area contributed by atoms with Crippen LogP contribution in [0, 0.1) is 0 Å². The zero-order chi connectivity index (χ0) is 43.7. The number of amides is 1. The lowest BCUT2D eigenvalue weighted by Crippen LogP contribution is -2.45. The van der Waals surface area contributed by atoms with Crippen molar-refractivity contribution in [2.24, 2.45) is 0 Å². The van der Waals surface area contributed by atoms with Gasteiger partial charge >= 0.3 is 5.97 Å². The van der Waals surface area contributed by atoms with Crippen LogP contribution >= 0.6 is 0 Å². The Labute approximate surface area is 373 Å². The Bertz CT molecular complexity index is 935. The fourth-order valence-corrected chi connectivity index (χ4v) is 8.10. The van der Waals surface area contributed by atoms with Crippen molar-refractivity contribution in [2.75, 3.05) is 13.2 Å². The van der Waals surface area contributed by atoms with Gasteiger partial charge < -0.3 is 20.3 Å². The summed E-state index contributed by atoms with van der Waals surface area (Å²) in [5.74, 6) is -0.0857. The summed E-state index contributed by atoms with van der Waals surface area (Å²) in [7, 11) is 0. The summed E-state index contributed by atoms with van der Waals surface area (Å²) >= 11 is 0. The lowest BCUT2D eigenvalue weighted by molar-refractivity contribution is -0.143. The SMILES string of the molecule is CCCCCCC/C=C\CCCCCCCC(=O)OCCCCCCCCCCCCCCCCCC(=O)NC(CO)C(O)/C=C/CCCCCCCCCCCCCC. The van der Waals surface area contributed by atoms with E-state index in [0.29, 0.717) is 19.4 Å². The molecule has 0 heterocycles. The molecule has 0 aromatic rings. The van der Waals surface area contributed by atoms with E-state index in [9.17, 15) is 19.8 Å². The number of allylic oxidation sites excluding steroid dienone is 3. The van der Waals surface area contributed by atoms with Crippen molar-refractivity contribution in [1.29, 1.82) is 0 Å². The lowest BCUT2D eigenvalue weighted by atomic mass is 10.0. The molecule has 0 aromatic heterocycles. The number of nitrogens with one attached hydrogen (secondary N) is 1. The fraction of sp³-hybridized carbons (Fsp3) is 0.889. The number of carbonyl (C=O) groups excluding carboxylic acids is 2. The van der Waals surface area contributed by atoms with Gasteiger partial charge in [-0.2, -0.15) is 0 Å². The van der Waals surface area contributed by atoms with Gasteiger partial charge in [0.05, 0.1) is 25.4 Å². The van der Waals surface area contributed by atoms with Crippen LogP contribution < -0.4 is 5.32 Å². The lowest BCUT2D eigenvalue weighted by Gasteiger charge is -2.20. The molecule has 60 heavy (non-hydrogen) atoms. The number of esters is 1. The first kappa shape index (κ1) is 58.3. The van der Waals surface area contributed by atoms with Gasteiger partial charge in [-0.05, 0) is 57.8 Å². The highest BCUT2D eigenvalue weighted by molar-refractivity contribution is 5.76. The van der Waals surface area contributed by atoms with E-state index in [2.05, 4.69) is 31.3 Å². The Kier molecular flexibility index (Phi) is 48.6. The zero-order valence-electron chi connectivity index (χ0n) is 40.2. The third kappa shape index (κ3) is 45.9. The first-order chi connectivity index (χ1) is 29.5. The summed E-state index contributed by atoms with van der Waals surface area (Å²) in [5, 5.41) is 23.0. The van der Waals surface area contributed by atoms with Crippen LogP contribution in [0.1, 0.15) is 284 Å². The quantitative estimate of drug-likeness (QED) is 0.0322. The molecule has 0 saturated heterocycles. The van der Waals surface area contributed by atoms with E-state index >= 15 is 0 Å². The number of aliphatic hydroxyl groups is 2. The number of hydrogen-bond acceptors (Lipinski definition) is 5. The fourth-order valence-electron chi connectivity index (χ4n) is 8.10. The Morgan fingerprint density at radius 3 is 1.18 bits per heavy atom. The smallest absolute Gasteiger partial charge is 0.305 e. The first-order valence-electron chi connectivity index (χ1n) is 26.6. The summed E-state index contributed by atoms with van der Waals surface area (Å²) in [6, 6.07) is -0.633.